The molecule has 1 aromatic heterocycles. The fourth-order valence-corrected chi connectivity index (χ4v) is 3.12. The number of hydrogen-bond donors (Lipinski definition) is 3. The maximum atomic E-state index is 11.7. The molecule has 5 heteroatoms. The van der Waals surface area contributed by atoms with Crippen molar-refractivity contribution in [1.82, 2.24) is 10.6 Å². The molecule has 118 valence electrons. The van der Waals surface area contributed by atoms with Crippen LogP contribution in [0.3, 0.4) is 0 Å². The normalized spacial score (nSPS) is 11.9. The lowest BCUT2D eigenvalue weighted by molar-refractivity contribution is 0.176. The number of rotatable bonds is 7. The Morgan fingerprint density at radius 3 is 2.68 bits per heavy atom. The molecule has 1 aromatic carbocycles. The Morgan fingerprint density at radius 2 is 2.00 bits per heavy atom. The van der Waals surface area contributed by atoms with Crippen LogP contribution in [-0.2, 0) is 6.42 Å². The van der Waals surface area contributed by atoms with Gasteiger partial charge in [0.15, 0.2) is 0 Å². The zero-order chi connectivity index (χ0) is 15.8. The molecular formula is C17H22N2O2S. The number of aliphatic hydroxyl groups is 1. The number of carbonyl (C=O) groups excluding carboxylic acids is 1. The van der Waals surface area contributed by atoms with Gasteiger partial charge in [-0.25, -0.2) is 4.79 Å². The fraction of sp³-hybridized carbons (Fsp3) is 0.353. The number of aryl methyl sites for hydroxylation is 2. The first-order valence-electron chi connectivity index (χ1n) is 7.44. The molecule has 0 aliphatic rings. The maximum absolute atomic E-state index is 11.7. The molecular weight excluding hydrogens is 296 g/mol. The van der Waals surface area contributed by atoms with Crippen molar-refractivity contribution in [2.24, 2.45) is 0 Å². The number of hydrogen-bond acceptors (Lipinski definition) is 3. The Balaban J connectivity index is 1.61. The molecule has 0 fully saturated rings. The Labute approximate surface area is 135 Å². The monoisotopic (exact) mass is 318 g/mol. The summed E-state index contributed by atoms with van der Waals surface area (Å²) < 4.78 is 0. The van der Waals surface area contributed by atoms with Crippen molar-refractivity contribution >= 4 is 17.4 Å². The van der Waals surface area contributed by atoms with Crippen LogP contribution < -0.4 is 10.6 Å². The van der Waals surface area contributed by atoms with E-state index in [9.17, 15) is 9.90 Å². The molecule has 0 saturated carbocycles. The van der Waals surface area contributed by atoms with Crippen LogP contribution in [0.25, 0.3) is 0 Å². The van der Waals surface area contributed by atoms with Crippen LogP contribution in [0, 0.1) is 6.92 Å². The van der Waals surface area contributed by atoms with Crippen LogP contribution in [-0.4, -0.2) is 24.2 Å². The van der Waals surface area contributed by atoms with E-state index in [0.29, 0.717) is 6.54 Å². The highest BCUT2D eigenvalue weighted by Gasteiger charge is 2.12. The van der Waals surface area contributed by atoms with Gasteiger partial charge in [0.2, 0.25) is 0 Å². The topological polar surface area (TPSA) is 61.4 Å². The van der Waals surface area contributed by atoms with Gasteiger partial charge < -0.3 is 15.7 Å². The summed E-state index contributed by atoms with van der Waals surface area (Å²) in [5.74, 6) is 0. The van der Waals surface area contributed by atoms with E-state index in [1.54, 1.807) is 0 Å². The molecule has 2 amide bonds. The average Bonchev–Trinajstić information content (AvgIpc) is 2.96. The highest BCUT2D eigenvalue weighted by molar-refractivity contribution is 7.10. The van der Waals surface area contributed by atoms with E-state index >= 15 is 0 Å². The number of benzene rings is 1. The fourth-order valence-electron chi connectivity index (χ4n) is 2.21. The van der Waals surface area contributed by atoms with Crippen LogP contribution in [0.2, 0.25) is 0 Å². The van der Waals surface area contributed by atoms with E-state index in [2.05, 4.69) is 22.8 Å². The molecule has 0 aliphatic carbocycles. The highest BCUT2D eigenvalue weighted by atomic mass is 32.1. The second-order valence-electron chi connectivity index (χ2n) is 5.21. The van der Waals surface area contributed by atoms with Gasteiger partial charge in [0.05, 0.1) is 6.54 Å². The third-order valence-electron chi connectivity index (χ3n) is 3.43. The van der Waals surface area contributed by atoms with Crippen molar-refractivity contribution in [3.8, 4) is 0 Å². The van der Waals surface area contributed by atoms with Crippen LogP contribution in [0.4, 0.5) is 4.79 Å². The summed E-state index contributed by atoms with van der Waals surface area (Å²) in [5, 5.41) is 17.5. The number of carbonyl (C=O) groups is 1. The largest absolute Gasteiger partial charge is 0.386 e. The molecule has 0 unspecified atom stereocenters. The van der Waals surface area contributed by atoms with Gasteiger partial charge in [0.25, 0.3) is 0 Å². The number of amides is 2. The molecule has 1 heterocycles. The van der Waals surface area contributed by atoms with Crippen molar-refractivity contribution in [3.63, 3.8) is 0 Å². The summed E-state index contributed by atoms with van der Waals surface area (Å²) >= 11 is 1.51. The molecule has 0 bridgehead atoms. The predicted octanol–water partition coefficient (Wildman–Crippen LogP) is 3.02. The molecule has 22 heavy (non-hydrogen) atoms. The molecule has 4 nitrogen and oxygen atoms in total. The first-order chi connectivity index (χ1) is 10.7. The standard InChI is InChI=1S/C17H22N2O2S/c1-13-9-11-22-16(13)15(20)12-19-17(21)18-10-5-8-14-6-3-2-4-7-14/h2-4,6-7,9,11,15,20H,5,8,10,12H2,1H3,(H2,18,19,21)/t15-/m0/s1. The van der Waals surface area contributed by atoms with E-state index < -0.39 is 6.10 Å². The van der Waals surface area contributed by atoms with Gasteiger partial charge in [-0.2, -0.15) is 0 Å². The summed E-state index contributed by atoms with van der Waals surface area (Å²) in [7, 11) is 0. The van der Waals surface area contributed by atoms with Gasteiger partial charge in [-0.3, -0.25) is 0 Å². The second-order valence-corrected chi connectivity index (χ2v) is 6.16. The van der Waals surface area contributed by atoms with E-state index in [-0.39, 0.29) is 12.6 Å². The number of aliphatic hydroxyl groups excluding tert-OH is 1. The summed E-state index contributed by atoms with van der Waals surface area (Å²) in [5.41, 5.74) is 2.33. The Bertz CT molecular complexity index is 583. The zero-order valence-electron chi connectivity index (χ0n) is 12.7. The minimum Gasteiger partial charge on any atom is -0.386 e. The Kier molecular flexibility index (Phi) is 6.43. The first-order valence-corrected chi connectivity index (χ1v) is 8.32. The van der Waals surface area contributed by atoms with Crippen molar-refractivity contribution in [2.45, 2.75) is 25.9 Å². The number of thiophene rings is 1. The lowest BCUT2D eigenvalue weighted by Crippen LogP contribution is -2.38. The molecule has 0 spiro atoms. The van der Waals surface area contributed by atoms with E-state index in [0.717, 1.165) is 23.3 Å². The van der Waals surface area contributed by atoms with Gasteiger partial charge in [0.1, 0.15) is 6.10 Å². The first kappa shape index (κ1) is 16.5. The SMILES string of the molecule is Cc1ccsc1[C@@H](O)CNC(=O)NCCCc1ccccc1. The van der Waals surface area contributed by atoms with Crippen molar-refractivity contribution in [2.75, 3.05) is 13.1 Å². The van der Waals surface area contributed by atoms with Gasteiger partial charge in [-0.15, -0.1) is 11.3 Å². The van der Waals surface area contributed by atoms with Crippen LogP contribution in [0.5, 0.6) is 0 Å². The van der Waals surface area contributed by atoms with Gasteiger partial charge in [-0.1, -0.05) is 30.3 Å². The third-order valence-corrected chi connectivity index (χ3v) is 4.55. The molecule has 0 saturated heterocycles. The molecule has 0 aliphatic heterocycles. The minimum atomic E-state index is -0.643. The smallest absolute Gasteiger partial charge is 0.314 e. The van der Waals surface area contributed by atoms with Crippen molar-refractivity contribution in [1.29, 1.82) is 0 Å². The molecule has 0 radical (unpaired) electrons. The zero-order valence-corrected chi connectivity index (χ0v) is 13.5. The average molecular weight is 318 g/mol. The van der Waals surface area contributed by atoms with E-state index in [1.807, 2.05) is 36.6 Å². The van der Waals surface area contributed by atoms with Crippen LogP contribution in [0.15, 0.2) is 41.8 Å². The quantitative estimate of drug-likeness (QED) is 0.687. The number of nitrogens with one attached hydrogen (secondary N) is 2. The lowest BCUT2D eigenvalue weighted by Gasteiger charge is -2.12. The maximum Gasteiger partial charge on any atom is 0.314 e. The molecule has 1 atom stereocenters. The molecule has 2 aromatic rings. The Morgan fingerprint density at radius 1 is 1.23 bits per heavy atom. The highest BCUT2D eigenvalue weighted by Crippen LogP contribution is 2.22. The summed E-state index contributed by atoms with van der Waals surface area (Å²) in [6.45, 7) is 2.80. The van der Waals surface area contributed by atoms with Crippen LogP contribution >= 0.6 is 11.3 Å². The Hall–Kier alpha value is -1.85. The van der Waals surface area contributed by atoms with Gasteiger partial charge >= 0.3 is 6.03 Å². The third kappa shape index (κ3) is 5.16. The summed E-state index contributed by atoms with van der Waals surface area (Å²) in [6.07, 6.45) is 1.19. The van der Waals surface area contributed by atoms with E-state index in [1.165, 1.54) is 16.9 Å². The predicted molar refractivity (Wildman–Crippen MR) is 90.2 cm³/mol. The van der Waals surface area contributed by atoms with Crippen molar-refractivity contribution in [3.05, 3.63) is 57.8 Å². The minimum absolute atomic E-state index is 0.228. The van der Waals surface area contributed by atoms with E-state index in [4.69, 9.17) is 0 Å². The summed E-state index contributed by atoms with van der Waals surface area (Å²) in [4.78, 5) is 12.6. The lowest BCUT2D eigenvalue weighted by atomic mass is 10.1. The molecule has 2 rings (SSSR count). The van der Waals surface area contributed by atoms with Gasteiger partial charge in [-0.05, 0) is 42.3 Å². The van der Waals surface area contributed by atoms with Crippen molar-refractivity contribution < 1.29 is 9.90 Å². The number of urea groups is 1. The summed E-state index contributed by atoms with van der Waals surface area (Å²) in [6, 6.07) is 11.9. The molecule has 3 N–H and O–H groups in total. The second kappa shape index (κ2) is 8.56. The van der Waals surface area contributed by atoms with Gasteiger partial charge in [0, 0.05) is 11.4 Å². The van der Waals surface area contributed by atoms with Crippen LogP contribution in [0.1, 0.15) is 28.5 Å².